The van der Waals surface area contributed by atoms with E-state index in [0.717, 1.165) is 12.8 Å². The molecule has 0 aromatic carbocycles. The Morgan fingerprint density at radius 1 is 1.29 bits per heavy atom. The van der Waals surface area contributed by atoms with Crippen molar-refractivity contribution in [3.05, 3.63) is 12.2 Å². The molecular weight excluding hydrogens is 220 g/mol. The third-order valence-electron chi connectivity index (χ3n) is 2.65. The Hall–Kier alpha value is -1.32. The molecule has 0 heterocycles. The summed E-state index contributed by atoms with van der Waals surface area (Å²) in [5.41, 5.74) is -0.865. The molecule has 1 fully saturated rings. The molecule has 1 saturated carbocycles. The van der Waals surface area contributed by atoms with Gasteiger partial charge in [-0.1, -0.05) is 6.08 Å². The Kier molecular flexibility index (Phi) is 3.96. The van der Waals surface area contributed by atoms with Crippen LogP contribution >= 0.6 is 0 Å². The molecule has 1 aliphatic rings. The van der Waals surface area contributed by atoms with E-state index in [4.69, 9.17) is 4.74 Å². The van der Waals surface area contributed by atoms with Gasteiger partial charge in [-0.05, 0) is 40.0 Å². The normalized spacial score (nSPS) is 17.9. The molecule has 0 spiro atoms. The Morgan fingerprint density at radius 2 is 1.88 bits per heavy atom. The summed E-state index contributed by atoms with van der Waals surface area (Å²) in [6.07, 6.45) is 5.23. The zero-order chi connectivity index (χ0) is 13.1. The summed E-state index contributed by atoms with van der Waals surface area (Å²) in [5, 5.41) is 0. The van der Waals surface area contributed by atoms with Gasteiger partial charge in [0, 0.05) is 6.08 Å². The molecule has 0 radical (unpaired) electrons. The summed E-state index contributed by atoms with van der Waals surface area (Å²) in [6, 6.07) is 0. The van der Waals surface area contributed by atoms with Crippen molar-refractivity contribution in [1.29, 1.82) is 0 Å². The van der Waals surface area contributed by atoms with Crippen LogP contribution in [0.2, 0.25) is 0 Å². The van der Waals surface area contributed by atoms with E-state index >= 15 is 0 Å². The zero-order valence-electron chi connectivity index (χ0n) is 10.9. The molecule has 17 heavy (non-hydrogen) atoms. The maximum Gasteiger partial charge on any atom is 0.330 e. The summed E-state index contributed by atoms with van der Waals surface area (Å²) in [6.45, 7) is 5.56. The zero-order valence-corrected chi connectivity index (χ0v) is 10.9. The fraction of sp³-hybridized carbons (Fsp3) is 0.692. The van der Waals surface area contributed by atoms with Crippen LogP contribution in [0.1, 0.15) is 40.0 Å². The van der Waals surface area contributed by atoms with Gasteiger partial charge in [0.2, 0.25) is 0 Å². The molecule has 0 N–H and O–H groups in total. The maximum absolute atomic E-state index is 11.9. The number of hydrogen-bond donors (Lipinski definition) is 0. The van der Waals surface area contributed by atoms with Gasteiger partial charge in [0.1, 0.15) is 5.60 Å². The van der Waals surface area contributed by atoms with E-state index in [9.17, 15) is 9.59 Å². The molecule has 0 saturated heterocycles. The predicted octanol–water partition coefficient (Wildman–Crippen LogP) is 2.23. The standard InChI is InChI=1S/C13H20O4/c1-12(2,3)17-11(15)13(8-9-13)7-5-6-10(14)16-4/h5-6H,7-9H2,1-4H3. The molecule has 96 valence electrons. The van der Waals surface area contributed by atoms with Gasteiger partial charge in [-0.2, -0.15) is 0 Å². The van der Waals surface area contributed by atoms with Crippen molar-refractivity contribution in [2.24, 2.45) is 5.41 Å². The molecule has 0 aromatic rings. The second-order valence-electron chi connectivity index (χ2n) is 5.41. The van der Waals surface area contributed by atoms with E-state index in [2.05, 4.69) is 4.74 Å². The van der Waals surface area contributed by atoms with E-state index < -0.39 is 17.0 Å². The molecule has 0 bridgehead atoms. The first-order valence-corrected chi connectivity index (χ1v) is 5.77. The number of carbonyl (C=O) groups excluding carboxylic acids is 2. The van der Waals surface area contributed by atoms with Crippen LogP contribution in [-0.2, 0) is 19.1 Å². The molecular formula is C13H20O4. The van der Waals surface area contributed by atoms with E-state index in [1.165, 1.54) is 13.2 Å². The van der Waals surface area contributed by atoms with Gasteiger partial charge in [0.25, 0.3) is 0 Å². The second-order valence-corrected chi connectivity index (χ2v) is 5.41. The molecule has 1 rings (SSSR count). The van der Waals surface area contributed by atoms with Crippen LogP contribution in [0.4, 0.5) is 0 Å². The van der Waals surface area contributed by atoms with E-state index in [1.807, 2.05) is 20.8 Å². The Labute approximate surface area is 102 Å². The second kappa shape index (κ2) is 4.90. The van der Waals surface area contributed by atoms with Gasteiger partial charge >= 0.3 is 11.9 Å². The fourth-order valence-electron chi connectivity index (χ4n) is 1.48. The van der Waals surface area contributed by atoms with Crippen LogP contribution in [0.3, 0.4) is 0 Å². The largest absolute Gasteiger partial charge is 0.466 e. The van der Waals surface area contributed by atoms with E-state index in [-0.39, 0.29) is 5.97 Å². The van der Waals surface area contributed by atoms with Crippen molar-refractivity contribution in [2.45, 2.75) is 45.6 Å². The van der Waals surface area contributed by atoms with Gasteiger partial charge < -0.3 is 9.47 Å². The van der Waals surface area contributed by atoms with Gasteiger partial charge in [-0.15, -0.1) is 0 Å². The fourth-order valence-corrected chi connectivity index (χ4v) is 1.48. The third kappa shape index (κ3) is 4.21. The first kappa shape index (κ1) is 13.7. The number of carbonyl (C=O) groups is 2. The molecule has 1 aliphatic carbocycles. The summed E-state index contributed by atoms with van der Waals surface area (Å²) >= 11 is 0. The first-order valence-electron chi connectivity index (χ1n) is 5.77. The van der Waals surface area contributed by atoms with Gasteiger partial charge in [0.05, 0.1) is 12.5 Å². The number of rotatable bonds is 4. The van der Waals surface area contributed by atoms with E-state index in [0.29, 0.717) is 6.42 Å². The maximum atomic E-state index is 11.9. The minimum Gasteiger partial charge on any atom is -0.466 e. The van der Waals surface area contributed by atoms with Crippen molar-refractivity contribution in [2.75, 3.05) is 7.11 Å². The Morgan fingerprint density at radius 3 is 2.29 bits per heavy atom. The molecule has 0 amide bonds. The number of ether oxygens (including phenoxy) is 2. The highest BCUT2D eigenvalue weighted by Crippen LogP contribution is 2.50. The molecule has 4 nitrogen and oxygen atoms in total. The van der Waals surface area contributed by atoms with Gasteiger partial charge in [-0.25, -0.2) is 4.79 Å². The minimum absolute atomic E-state index is 0.167. The summed E-state index contributed by atoms with van der Waals surface area (Å²) in [5.74, 6) is -0.565. The average Bonchev–Trinajstić information content (AvgIpc) is 2.96. The van der Waals surface area contributed by atoms with Crippen molar-refractivity contribution in [3.63, 3.8) is 0 Å². The Balaban J connectivity index is 2.50. The highest BCUT2D eigenvalue weighted by molar-refractivity contribution is 5.83. The van der Waals surface area contributed by atoms with Gasteiger partial charge in [0.15, 0.2) is 0 Å². The molecule has 0 atom stereocenters. The Bertz CT molecular complexity index is 332. The van der Waals surface area contributed by atoms with Crippen LogP contribution < -0.4 is 0 Å². The van der Waals surface area contributed by atoms with Crippen molar-refractivity contribution >= 4 is 11.9 Å². The van der Waals surface area contributed by atoms with Crippen LogP contribution in [-0.4, -0.2) is 24.6 Å². The van der Waals surface area contributed by atoms with Crippen LogP contribution in [0.5, 0.6) is 0 Å². The van der Waals surface area contributed by atoms with Gasteiger partial charge in [-0.3, -0.25) is 4.79 Å². The van der Waals surface area contributed by atoms with Crippen molar-refractivity contribution in [3.8, 4) is 0 Å². The molecule has 0 aromatic heterocycles. The summed E-state index contributed by atoms with van der Waals surface area (Å²) in [7, 11) is 1.33. The lowest BCUT2D eigenvalue weighted by molar-refractivity contribution is -0.161. The van der Waals surface area contributed by atoms with E-state index in [1.54, 1.807) is 6.08 Å². The van der Waals surface area contributed by atoms with Crippen molar-refractivity contribution < 1.29 is 19.1 Å². The highest BCUT2D eigenvalue weighted by atomic mass is 16.6. The van der Waals surface area contributed by atoms with Crippen LogP contribution in [0, 0.1) is 5.41 Å². The number of allylic oxidation sites excluding steroid dienone is 1. The number of methoxy groups -OCH3 is 1. The predicted molar refractivity (Wildman–Crippen MR) is 63.3 cm³/mol. The molecule has 0 unspecified atom stereocenters. The number of hydrogen-bond acceptors (Lipinski definition) is 4. The van der Waals surface area contributed by atoms with Crippen molar-refractivity contribution in [1.82, 2.24) is 0 Å². The molecule has 0 aliphatic heterocycles. The third-order valence-corrected chi connectivity index (χ3v) is 2.65. The summed E-state index contributed by atoms with van der Waals surface area (Å²) in [4.78, 5) is 22.8. The SMILES string of the molecule is COC(=O)C=CCC1(C(=O)OC(C)(C)C)CC1. The first-order chi connectivity index (χ1) is 7.79. The van der Waals surface area contributed by atoms with Crippen LogP contribution in [0.15, 0.2) is 12.2 Å². The molecule has 4 heteroatoms. The lowest BCUT2D eigenvalue weighted by atomic mass is 10.0. The lowest BCUT2D eigenvalue weighted by Crippen LogP contribution is -2.29. The highest BCUT2D eigenvalue weighted by Gasteiger charge is 2.51. The lowest BCUT2D eigenvalue weighted by Gasteiger charge is -2.23. The average molecular weight is 240 g/mol. The smallest absolute Gasteiger partial charge is 0.330 e. The summed E-state index contributed by atoms with van der Waals surface area (Å²) < 4.78 is 9.84. The van der Waals surface area contributed by atoms with Crippen LogP contribution in [0.25, 0.3) is 0 Å². The monoisotopic (exact) mass is 240 g/mol. The number of esters is 2. The quantitative estimate of drug-likeness (QED) is 0.558. The topological polar surface area (TPSA) is 52.6 Å². The minimum atomic E-state index is -0.460.